The molecule has 0 saturated carbocycles. The summed E-state index contributed by atoms with van der Waals surface area (Å²) in [4.78, 5) is 10.9. The average molecular weight is 258 g/mol. The molecular formula is C14H26O4. The Hall–Kier alpha value is -0.870. The van der Waals surface area contributed by atoms with Crippen LogP contribution in [0.4, 0.5) is 0 Å². The largest absolute Gasteiger partial charge is 0.462 e. The van der Waals surface area contributed by atoms with Crippen LogP contribution in [0, 0.1) is 5.41 Å². The maximum absolute atomic E-state index is 10.9. The van der Waals surface area contributed by atoms with Crippen LogP contribution in [-0.4, -0.2) is 38.0 Å². The van der Waals surface area contributed by atoms with E-state index in [1.807, 2.05) is 34.6 Å². The molecule has 106 valence electrons. The molecule has 4 nitrogen and oxygen atoms in total. The number of carbonyl (C=O) groups excluding carboxylic acids is 1. The Morgan fingerprint density at radius 3 is 2.22 bits per heavy atom. The van der Waals surface area contributed by atoms with Gasteiger partial charge in [-0.2, -0.15) is 0 Å². The third-order valence-electron chi connectivity index (χ3n) is 2.03. The standard InChI is InChI=1S/C14H26O4/c1-7-12(15)17-11-14(5,6)10-16-8-9-18-13(2,3)4/h7H,1,8-11H2,2-6H3. The first kappa shape index (κ1) is 17.1. The van der Waals surface area contributed by atoms with E-state index in [1.54, 1.807) is 0 Å². The van der Waals surface area contributed by atoms with Crippen molar-refractivity contribution in [3.05, 3.63) is 12.7 Å². The van der Waals surface area contributed by atoms with E-state index in [4.69, 9.17) is 14.2 Å². The quantitative estimate of drug-likeness (QED) is 0.381. The highest BCUT2D eigenvalue weighted by Crippen LogP contribution is 2.16. The molecule has 0 aromatic carbocycles. The number of hydrogen-bond donors (Lipinski definition) is 0. The molecule has 0 aromatic rings. The molecule has 0 aliphatic carbocycles. The molecule has 4 heteroatoms. The lowest BCUT2D eigenvalue weighted by Crippen LogP contribution is -2.28. The first-order valence-corrected chi connectivity index (χ1v) is 6.17. The lowest BCUT2D eigenvalue weighted by atomic mass is 9.96. The van der Waals surface area contributed by atoms with Gasteiger partial charge < -0.3 is 14.2 Å². The Labute approximate surface area is 110 Å². The zero-order chi connectivity index (χ0) is 14.2. The van der Waals surface area contributed by atoms with Crippen molar-refractivity contribution in [1.82, 2.24) is 0 Å². The van der Waals surface area contributed by atoms with E-state index in [0.29, 0.717) is 26.4 Å². The molecule has 0 rings (SSSR count). The van der Waals surface area contributed by atoms with Gasteiger partial charge in [-0.3, -0.25) is 0 Å². The number of hydrogen-bond acceptors (Lipinski definition) is 4. The third kappa shape index (κ3) is 10.3. The van der Waals surface area contributed by atoms with Gasteiger partial charge in [-0.05, 0) is 20.8 Å². The maximum Gasteiger partial charge on any atom is 0.330 e. The van der Waals surface area contributed by atoms with Crippen LogP contribution in [0.5, 0.6) is 0 Å². The van der Waals surface area contributed by atoms with Crippen LogP contribution < -0.4 is 0 Å². The van der Waals surface area contributed by atoms with E-state index < -0.39 is 5.97 Å². The van der Waals surface area contributed by atoms with Gasteiger partial charge in [-0.1, -0.05) is 20.4 Å². The zero-order valence-corrected chi connectivity index (χ0v) is 12.2. The topological polar surface area (TPSA) is 44.8 Å². The summed E-state index contributed by atoms with van der Waals surface area (Å²) in [5.74, 6) is -0.404. The molecule has 0 aromatic heterocycles. The van der Waals surface area contributed by atoms with E-state index in [0.717, 1.165) is 6.08 Å². The van der Waals surface area contributed by atoms with Gasteiger partial charge in [0.05, 0.1) is 32.0 Å². The van der Waals surface area contributed by atoms with Crippen molar-refractivity contribution in [2.45, 2.75) is 40.2 Å². The van der Waals surface area contributed by atoms with Gasteiger partial charge in [0.1, 0.15) is 0 Å². The van der Waals surface area contributed by atoms with E-state index in [9.17, 15) is 4.79 Å². The zero-order valence-electron chi connectivity index (χ0n) is 12.2. The first-order chi connectivity index (χ1) is 8.16. The van der Waals surface area contributed by atoms with Gasteiger partial charge in [0.25, 0.3) is 0 Å². The first-order valence-electron chi connectivity index (χ1n) is 6.17. The second kappa shape index (κ2) is 7.54. The summed E-state index contributed by atoms with van der Waals surface area (Å²) in [7, 11) is 0. The van der Waals surface area contributed by atoms with Gasteiger partial charge >= 0.3 is 5.97 Å². The van der Waals surface area contributed by atoms with Crippen molar-refractivity contribution in [3.63, 3.8) is 0 Å². The van der Waals surface area contributed by atoms with Crippen molar-refractivity contribution in [2.75, 3.05) is 26.4 Å². The summed E-state index contributed by atoms with van der Waals surface area (Å²) in [5.41, 5.74) is -0.348. The van der Waals surface area contributed by atoms with Gasteiger partial charge in [0, 0.05) is 11.5 Å². The average Bonchev–Trinajstić information content (AvgIpc) is 2.24. The number of ether oxygens (including phenoxy) is 3. The van der Waals surface area contributed by atoms with Crippen molar-refractivity contribution < 1.29 is 19.0 Å². The van der Waals surface area contributed by atoms with E-state index >= 15 is 0 Å². The van der Waals surface area contributed by atoms with Crippen LogP contribution in [0.2, 0.25) is 0 Å². The molecule has 0 N–H and O–H groups in total. The van der Waals surface area contributed by atoms with Gasteiger partial charge in [0.15, 0.2) is 0 Å². The summed E-state index contributed by atoms with van der Waals surface area (Å²) in [6, 6.07) is 0. The third-order valence-corrected chi connectivity index (χ3v) is 2.03. The molecule has 0 fully saturated rings. The predicted molar refractivity (Wildman–Crippen MR) is 71.5 cm³/mol. The number of esters is 1. The minimum absolute atomic E-state index is 0.141. The molecule has 0 amide bonds. The molecular weight excluding hydrogens is 232 g/mol. The van der Waals surface area contributed by atoms with E-state index in [1.165, 1.54) is 0 Å². The molecule has 18 heavy (non-hydrogen) atoms. The van der Waals surface area contributed by atoms with Crippen LogP contribution in [0.1, 0.15) is 34.6 Å². The molecule has 0 bridgehead atoms. The van der Waals surface area contributed by atoms with Crippen LogP contribution in [0.15, 0.2) is 12.7 Å². The van der Waals surface area contributed by atoms with Crippen molar-refractivity contribution in [2.24, 2.45) is 5.41 Å². The fraction of sp³-hybridized carbons (Fsp3) is 0.786. The van der Waals surface area contributed by atoms with Crippen molar-refractivity contribution in [3.8, 4) is 0 Å². The summed E-state index contributed by atoms with van der Waals surface area (Å²) in [6.45, 7) is 15.3. The minimum atomic E-state index is -0.404. The Kier molecular flexibility index (Phi) is 7.18. The maximum atomic E-state index is 10.9. The van der Waals surface area contributed by atoms with Gasteiger partial charge in [-0.25, -0.2) is 4.79 Å². The molecule has 0 atom stereocenters. The van der Waals surface area contributed by atoms with E-state index in [2.05, 4.69) is 6.58 Å². The molecule has 0 aliphatic rings. The number of rotatable bonds is 8. The van der Waals surface area contributed by atoms with Crippen molar-refractivity contribution in [1.29, 1.82) is 0 Å². The van der Waals surface area contributed by atoms with Crippen molar-refractivity contribution >= 4 is 5.97 Å². The lowest BCUT2D eigenvalue weighted by Gasteiger charge is -2.24. The molecule has 0 radical (unpaired) electrons. The predicted octanol–water partition coefficient (Wildman–Crippen LogP) is 2.57. The molecule has 0 aliphatic heterocycles. The Morgan fingerprint density at radius 2 is 1.72 bits per heavy atom. The van der Waals surface area contributed by atoms with Crippen LogP contribution in [0.3, 0.4) is 0 Å². The molecule has 0 spiro atoms. The Bertz CT molecular complexity index is 263. The minimum Gasteiger partial charge on any atom is -0.462 e. The highest BCUT2D eigenvalue weighted by atomic mass is 16.5. The second-order valence-electron chi connectivity index (χ2n) is 5.99. The number of carbonyl (C=O) groups is 1. The molecule has 0 heterocycles. The SMILES string of the molecule is C=CC(=O)OCC(C)(C)COCCOC(C)(C)C. The monoisotopic (exact) mass is 258 g/mol. The Balaban J connectivity index is 3.70. The van der Waals surface area contributed by atoms with Crippen LogP contribution in [0.25, 0.3) is 0 Å². The highest BCUT2D eigenvalue weighted by Gasteiger charge is 2.20. The molecule has 0 unspecified atom stereocenters. The van der Waals surface area contributed by atoms with Gasteiger partial charge in [0.2, 0.25) is 0 Å². The highest BCUT2D eigenvalue weighted by molar-refractivity contribution is 5.81. The van der Waals surface area contributed by atoms with Crippen LogP contribution >= 0.6 is 0 Å². The normalized spacial score (nSPS) is 12.3. The van der Waals surface area contributed by atoms with Gasteiger partial charge in [-0.15, -0.1) is 0 Å². The summed E-state index contributed by atoms with van der Waals surface area (Å²) in [5, 5.41) is 0. The second-order valence-corrected chi connectivity index (χ2v) is 5.99. The fourth-order valence-electron chi connectivity index (χ4n) is 1.12. The van der Waals surface area contributed by atoms with E-state index in [-0.39, 0.29) is 11.0 Å². The summed E-state index contributed by atoms with van der Waals surface area (Å²) < 4.78 is 16.1. The summed E-state index contributed by atoms with van der Waals surface area (Å²) >= 11 is 0. The smallest absolute Gasteiger partial charge is 0.330 e. The molecule has 0 saturated heterocycles. The summed E-state index contributed by atoms with van der Waals surface area (Å²) in [6.07, 6.45) is 1.16. The fourth-order valence-corrected chi connectivity index (χ4v) is 1.12. The Morgan fingerprint density at radius 1 is 1.11 bits per heavy atom. The van der Waals surface area contributed by atoms with Crippen LogP contribution in [-0.2, 0) is 19.0 Å². The lowest BCUT2D eigenvalue weighted by molar-refractivity contribution is -0.142.